The minimum Gasteiger partial charge on any atom is -0.495 e. The lowest BCUT2D eigenvalue weighted by Gasteiger charge is -2.29. The van der Waals surface area contributed by atoms with E-state index in [0.717, 1.165) is 32.4 Å². The van der Waals surface area contributed by atoms with Crippen LogP contribution in [0.15, 0.2) is 23.0 Å². The number of halogens is 1. The van der Waals surface area contributed by atoms with Crippen molar-refractivity contribution in [2.75, 3.05) is 35.7 Å². The van der Waals surface area contributed by atoms with Crippen molar-refractivity contribution < 1.29 is 14.3 Å². The standard InChI is InChI=1S/C20H22ClN5O4/c1-30-14-6-5-11(21)9-13(14)22-18(28)12-10-15(27)23-17-16(12)19(29)25-20(24-17)26-7-3-2-4-8-26/h5-6,9,12H,2-4,7-8,10H2,1H3,(H,22,28)(H2,23,24,25,27,29)/t12-/m1/s1. The number of carbonyl (C=O) groups is 2. The van der Waals surface area contributed by atoms with E-state index in [1.807, 2.05) is 4.90 Å². The molecule has 158 valence electrons. The Morgan fingerprint density at radius 1 is 1.27 bits per heavy atom. The first-order valence-corrected chi connectivity index (χ1v) is 10.2. The fourth-order valence-electron chi connectivity index (χ4n) is 3.84. The van der Waals surface area contributed by atoms with Crippen LogP contribution in [0.25, 0.3) is 0 Å². The average Bonchev–Trinajstić information content (AvgIpc) is 2.73. The Hall–Kier alpha value is -3.07. The largest absolute Gasteiger partial charge is 0.495 e. The van der Waals surface area contributed by atoms with Crippen molar-refractivity contribution in [1.29, 1.82) is 0 Å². The lowest BCUT2D eigenvalue weighted by atomic mass is 9.92. The molecule has 1 atom stereocenters. The van der Waals surface area contributed by atoms with Crippen molar-refractivity contribution in [1.82, 2.24) is 9.97 Å². The molecule has 1 aromatic carbocycles. The van der Waals surface area contributed by atoms with Crippen LogP contribution in [0, 0.1) is 0 Å². The number of carbonyl (C=O) groups excluding carboxylic acids is 2. The highest BCUT2D eigenvalue weighted by Gasteiger charge is 2.35. The van der Waals surface area contributed by atoms with Gasteiger partial charge < -0.3 is 20.3 Å². The van der Waals surface area contributed by atoms with Crippen molar-refractivity contribution in [3.05, 3.63) is 39.1 Å². The van der Waals surface area contributed by atoms with Crippen LogP contribution in [0.4, 0.5) is 17.5 Å². The van der Waals surface area contributed by atoms with Gasteiger partial charge in [-0.1, -0.05) is 11.6 Å². The number of nitrogens with one attached hydrogen (secondary N) is 3. The van der Waals surface area contributed by atoms with Crippen LogP contribution in [0.1, 0.15) is 37.2 Å². The van der Waals surface area contributed by atoms with Crippen LogP contribution in [-0.2, 0) is 9.59 Å². The maximum atomic E-state index is 13.0. The highest BCUT2D eigenvalue weighted by molar-refractivity contribution is 6.31. The van der Waals surface area contributed by atoms with Crippen molar-refractivity contribution in [3.8, 4) is 5.75 Å². The van der Waals surface area contributed by atoms with Gasteiger partial charge in [0.05, 0.1) is 24.3 Å². The summed E-state index contributed by atoms with van der Waals surface area (Å²) >= 11 is 6.02. The number of rotatable bonds is 4. The van der Waals surface area contributed by atoms with Gasteiger partial charge in [0.15, 0.2) is 0 Å². The molecule has 0 bridgehead atoms. The summed E-state index contributed by atoms with van der Waals surface area (Å²) in [6.07, 6.45) is 3.01. The maximum Gasteiger partial charge on any atom is 0.258 e. The summed E-state index contributed by atoms with van der Waals surface area (Å²) in [6.45, 7) is 1.57. The van der Waals surface area contributed by atoms with Crippen LogP contribution in [0.3, 0.4) is 0 Å². The van der Waals surface area contributed by atoms with Gasteiger partial charge >= 0.3 is 0 Å². The number of aromatic nitrogens is 2. The summed E-state index contributed by atoms with van der Waals surface area (Å²) < 4.78 is 5.25. The summed E-state index contributed by atoms with van der Waals surface area (Å²) in [5, 5.41) is 5.77. The Kier molecular flexibility index (Phi) is 5.63. The zero-order valence-corrected chi connectivity index (χ0v) is 17.2. The molecule has 0 aliphatic carbocycles. The van der Waals surface area contributed by atoms with Crippen LogP contribution >= 0.6 is 11.6 Å². The highest BCUT2D eigenvalue weighted by atomic mass is 35.5. The fourth-order valence-corrected chi connectivity index (χ4v) is 4.01. The summed E-state index contributed by atoms with van der Waals surface area (Å²) in [7, 11) is 1.47. The number of piperidine rings is 1. The van der Waals surface area contributed by atoms with E-state index in [1.165, 1.54) is 7.11 Å². The van der Waals surface area contributed by atoms with Gasteiger partial charge in [-0.05, 0) is 37.5 Å². The molecule has 2 aromatic rings. The van der Waals surface area contributed by atoms with E-state index in [2.05, 4.69) is 20.6 Å². The number of benzene rings is 1. The molecule has 1 aromatic heterocycles. The minimum atomic E-state index is -0.982. The normalized spacial score (nSPS) is 18.4. The third-order valence-corrected chi connectivity index (χ3v) is 5.57. The molecule has 0 saturated carbocycles. The second kappa shape index (κ2) is 8.35. The number of nitrogens with zero attached hydrogens (tertiary/aromatic N) is 2. The van der Waals surface area contributed by atoms with Crippen LogP contribution in [0.2, 0.25) is 5.02 Å². The third kappa shape index (κ3) is 3.97. The van der Waals surface area contributed by atoms with Gasteiger partial charge in [-0.3, -0.25) is 19.4 Å². The predicted molar refractivity (Wildman–Crippen MR) is 114 cm³/mol. The Labute approximate surface area is 177 Å². The highest BCUT2D eigenvalue weighted by Crippen LogP contribution is 2.33. The Morgan fingerprint density at radius 2 is 2.03 bits per heavy atom. The van der Waals surface area contributed by atoms with Crippen LogP contribution in [0.5, 0.6) is 5.75 Å². The monoisotopic (exact) mass is 431 g/mol. The number of methoxy groups -OCH3 is 1. The van der Waals surface area contributed by atoms with E-state index in [9.17, 15) is 14.4 Å². The number of amides is 2. The predicted octanol–water partition coefficient (Wildman–Crippen LogP) is 2.49. The Bertz CT molecular complexity index is 1050. The molecule has 2 amide bonds. The molecule has 4 rings (SSSR count). The van der Waals surface area contributed by atoms with Gasteiger partial charge in [0.2, 0.25) is 17.8 Å². The van der Waals surface area contributed by atoms with E-state index in [-0.39, 0.29) is 23.7 Å². The summed E-state index contributed by atoms with van der Waals surface area (Å²) in [6, 6.07) is 4.80. The molecule has 10 heteroatoms. The lowest BCUT2D eigenvalue weighted by molar-refractivity contribution is -0.123. The van der Waals surface area contributed by atoms with Gasteiger partial charge in [0.25, 0.3) is 5.56 Å². The molecular formula is C20H22ClN5O4. The van der Waals surface area contributed by atoms with Gasteiger partial charge in [0, 0.05) is 24.5 Å². The smallest absolute Gasteiger partial charge is 0.258 e. The maximum absolute atomic E-state index is 13.0. The van der Waals surface area contributed by atoms with Gasteiger partial charge in [-0.2, -0.15) is 4.98 Å². The molecule has 30 heavy (non-hydrogen) atoms. The van der Waals surface area contributed by atoms with Crippen molar-refractivity contribution in [2.45, 2.75) is 31.6 Å². The number of aromatic amines is 1. The fraction of sp³-hybridized carbons (Fsp3) is 0.400. The number of ether oxygens (including phenoxy) is 1. The van der Waals surface area contributed by atoms with E-state index >= 15 is 0 Å². The molecule has 0 radical (unpaired) electrons. The molecule has 2 aliphatic rings. The summed E-state index contributed by atoms with van der Waals surface area (Å²) in [5.74, 6) is -0.900. The summed E-state index contributed by atoms with van der Waals surface area (Å²) in [5.41, 5.74) is 0.0736. The Balaban J connectivity index is 1.66. The SMILES string of the molecule is COc1ccc(Cl)cc1NC(=O)[C@@H]1CC(=O)Nc2nc(N3CCCCC3)[nH]c(=O)c21. The van der Waals surface area contributed by atoms with Gasteiger partial charge in [-0.25, -0.2) is 0 Å². The van der Waals surface area contributed by atoms with E-state index in [0.29, 0.717) is 22.4 Å². The topological polar surface area (TPSA) is 116 Å². The molecule has 1 fully saturated rings. The second-order valence-corrected chi connectivity index (χ2v) is 7.77. The number of hydrogen-bond acceptors (Lipinski definition) is 6. The third-order valence-electron chi connectivity index (χ3n) is 5.33. The quantitative estimate of drug-likeness (QED) is 0.684. The number of hydrogen-bond donors (Lipinski definition) is 3. The van der Waals surface area contributed by atoms with Crippen LogP contribution in [-0.4, -0.2) is 42.0 Å². The van der Waals surface area contributed by atoms with Crippen molar-refractivity contribution in [3.63, 3.8) is 0 Å². The molecule has 0 spiro atoms. The average molecular weight is 432 g/mol. The van der Waals surface area contributed by atoms with E-state index in [1.54, 1.807) is 18.2 Å². The number of fused-ring (bicyclic) bond motifs is 1. The minimum absolute atomic E-state index is 0.133. The molecule has 9 nitrogen and oxygen atoms in total. The molecule has 1 saturated heterocycles. The lowest BCUT2D eigenvalue weighted by Crippen LogP contribution is -2.38. The second-order valence-electron chi connectivity index (χ2n) is 7.34. The number of anilines is 3. The zero-order valence-electron chi connectivity index (χ0n) is 16.5. The van der Waals surface area contributed by atoms with E-state index in [4.69, 9.17) is 16.3 Å². The molecule has 3 N–H and O–H groups in total. The van der Waals surface area contributed by atoms with Crippen molar-refractivity contribution in [2.24, 2.45) is 0 Å². The zero-order chi connectivity index (χ0) is 21.3. The first-order chi connectivity index (χ1) is 14.5. The Morgan fingerprint density at radius 3 is 2.77 bits per heavy atom. The van der Waals surface area contributed by atoms with E-state index < -0.39 is 17.4 Å². The van der Waals surface area contributed by atoms with Gasteiger partial charge in [0.1, 0.15) is 11.6 Å². The molecule has 2 aliphatic heterocycles. The first kappa shape index (κ1) is 20.2. The van der Waals surface area contributed by atoms with Gasteiger partial charge in [-0.15, -0.1) is 0 Å². The van der Waals surface area contributed by atoms with Crippen molar-refractivity contribution >= 4 is 40.9 Å². The van der Waals surface area contributed by atoms with Crippen LogP contribution < -0.4 is 25.8 Å². The molecule has 3 heterocycles. The number of H-pyrrole nitrogens is 1. The summed E-state index contributed by atoms with van der Waals surface area (Å²) in [4.78, 5) is 47.4. The first-order valence-electron chi connectivity index (χ1n) is 9.79. The molecule has 0 unspecified atom stereocenters. The molecular weight excluding hydrogens is 410 g/mol.